The molecule has 1 fully saturated rings. The van der Waals surface area contributed by atoms with Gasteiger partial charge in [-0.25, -0.2) is 12.8 Å². The standard InChI is InChI=1S/C26H26FNO5S/c1-33-22-11-5-19(6-12-22)16-28-17-24(29)26(25(28)30,15-18-3-9-21(27)10-4-18)20-7-13-23(14-8-20)34(2,31)32/h3-14,24,29H,15-17H2,1-2H3/t24-,26-/m1/s1. The Labute approximate surface area is 198 Å². The lowest BCUT2D eigenvalue weighted by Gasteiger charge is -2.31. The molecule has 1 aliphatic heterocycles. The van der Waals surface area contributed by atoms with Crippen LogP contribution in [0.1, 0.15) is 16.7 Å². The van der Waals surface area contributed by atoms with Crippen molar-refractivity contribution in [3.63, 3.8) is 0 Å². The van der Waals surface area contributed by atoms with Gasteiger partial charge in [-0.1, -0.05) is 36.4 Å². The first-order valence-electron chi connectivity index (χ1n) is 10.8. The third-order valence-electron chi connectivity index (χ3n) is 6.36. The van der Waals surface area contributed by atoms with Crippen LogP contribution >= 0.6 is 0 Å². The monoisotopic (exact) mass is 483 g/mol. The summed E-state index contributed by atoms with van der Waals surface area (Å²) in [6.45, 7) is 0.409. The summed E-state index contributed by atoms with van der Waals surface area (Å²) in [4.78, 5) is 15.6. The molecule has 1 amide bonds. The SMILES string of the molecule is COc1ccc(CN2C[C@@H](O)[C@@](Cc3ccc(F)cc3)(c3ccc(S(C)(=O)=O)cc3)C2=O)cc1. The Morgan fingerprint density at radius 3 is 2.15 bits per heavy atom. The van der Waals surface area contributed by atoms with Crippen LogP contribution in [0.4, 0.5) is 4.39 Å². The van der Waals surface area contributed by atoms with Crippen molar-refractivity contribution >= 4 is 15.7 Å². The number of amides is 1. The molecule has 0 bridgehead atoms. The molecule has 0 unspecified atom stereocenters. The number of β-amino-alcohol motifs (C(OH)–C–C–N with tert-alkyl or cyclic N) is 1. The van der Waals surface area contributed by atoms with Gasteiger partial charge in [0.25, 0.3) is 0 Å². The highest BCUT2D eigenvalue weighted by Gasteiger charge is 2.54. The summed E-state index contributed by atoms with van der Waals surface area (Å²) in [6, 6.07) is 19.2. The van der Waals surface area contributed by atoms with Gasteiger partial charge in [0.15, 0.2) is 9.84 Å². The number of carbonyl (C=O) groups is 1. The number of aliphatic hydroxyl groups excluding tert-OH is 1. The Hall–Kier alpha value is -3.23. The molecule has 2 atom stereocenters. The molecule has 3 aromatic carbocycles. The minimum absolute atomic E-state index is 0.111. The predicted molar refractivity (Wildman–Crippen MR) is 126 cm³/mol. The number of benzene rings is 3. The normalized spacial score (nSPS) is 20.5. The van der Waals surface area contributed by atoms with Crippen molar-refractivity contribution in [3.05, 3.63) is 95.3 Å². The lowest BCUT2D eigenvalue weighted by Crippen LogP contribution is -2.45. The van der Waals surface area contributed by atoms with Gasteiger partial charge in [0.1, 0.15) is 17.0 Å². The molecule has 0 spiro atoms. The number of sulfone groups is 1. The first-order chi connectivity index (χ1) is 16.1. The average molecular weight is 484 g/mol. The first kappa shape index (κ1) is 23.9. The fraction of sp³-hybridized carbons (Fsp3) is 0.269. The third kappa shape index (κ3) is 4.56. The number of carbonyl (C=O) groups excluding carboxylic acids is 1. The van der Waals surface area contributed by atoms with Crippen LogP contribution in [0.25, 0.3) is 0 Å². The maximum absolute atomic E-state index is 13.9. The number of rotatable bonds is 7. The number of halogens is 1. The van der Waals surface area contributed by atoms with E-state index in [-0.39, 0.29) is 23.8 Å². The van der Waals surface area contributed by atoms with Crippen LogP contribution in [0.5, 0.6) is 5.75 Å². The van der Waals surface area contributed by atoms with Crippen molar-refractivity contribution in [1.82, 2.24) is 4.90 Å². The summed E-state index contributed by atoms with van der Waals surface area (Å²) in [6.07, 6.45) is 0.208. The van der Waals surface area contributed by atoms with Gasteiger partial charge in [0.2, 0.25) is 5.91 Å². The van der Waals surface area contributed by atoms with Gasteiger partial charge in [0, 0.05) is 19.3 Å². The molecular formula is C26H26FNO5S. The molecule has 0 aromatic heterocycles. The van der Waals surface area contributed by atoms with Crippen molar-refractivity contribution in [3.8, 4) is 5.75 Å². The van der Waals surface area contributed by atoms with Crippen molar-refractivity contribution in [2.24, 2.45) is 0 Å². The smallest absolute Gasteiger partial charge is 0.236 e. The summed E-state index contributed by atoms with van der Waals surface area (Å²) >= 11 is 0. The van der Waals surface area contributed by atoms with Crippen LogP contribution < -0.4 is 4.74 Å². The van der Waals surface area contributed by atoms with E-state index in [0.717, 1.165) is 11.8 Å². The largest absolute Gasteiger partial charge is 0.497 e. The zero-order valence-electron chi connectivity index (χ0n) is 18.9. The van der Waals surface area contributed by atoms with Gasteiger partial charge in [-0.2, -0.15) is 0 Å². The van der Waals surface area contributed by atoms with E-state index in [4.69, 9.17) is 4.74 Å². The topological polar surface area (TPSA) is 83.9 Å². The second-order valence-electron chi connectivity index (χ2n) is 8.62. The summed E-state index contributed by atoms with van der Waals surface area (Å²) in [5.74, 6) is 0.0372. The fourth-order valence-electron chi connectivity index (χ4n) is 4.49. The molecule has 6 nitrogen and oxygen atoms in total. The zero-order chi connectivity index (χ0) is 24.5. The predicted octanol–water partition coefficient (Wildman–Crippen LogP) is 3.12. The van der Waals surface area contributed by atoms with Crippen molar-refractivity contribution in [2.75, 3.05) is 19.9 Å². The molecule has 1 heterocycles. The molecule has 1 N–H and O–H groups in total. The maximum atomic E-state index is 13.9. The molecular weight excluding hydrogens is 457 g/mol. The maximum Gasteiger partial charge on any atom is 0.236 e. The first-order valence-corrected chi connectivity index (χ1v) is 12.7. The Kier molecular flexibility index (Phi) is 6.47. The number of methoxy groups -OCH3 is 1. The van der Waals surface area contributed by atoms with E-state index in [2.05, 4.69) is 0 Å². The van der Waals surface area contributed by atoms with Gasteiger partial charge >= 0.3 is 0 Å². The summed E-state index contributed by atoms with van der Waals surface area (Å²) in [5.41, 5.74) is 0.748. The van der Waals surface area contributed by atoms with Crippen LogP contribution in [0.15, 0.2) is 77.7 Å². The van der Waals surface area contributed by atoms with Crippen LogP contribution in [0, 0.1) is 5.82 Å². The second-order valence-corrected chi connectivity index (χ2v) is 10.6. The number of aliphatic hydroxyl groups is 1. The third-order valence-corrected chi connectivity index (χ3v) is 7.49. The van der Waals surface area contributed by atoms with E-state index in [9.17, 15) is 22.7 Å². The number of nitrogens with zero attached hydrogens (tertiary/aromatic N) is 1. The van der Waals surface area contributed by atoms with E-state index < -0.39 is 27.2 Å². The van der Waals surface area contributed by atoms with E-state index in [0.29, 0.717) is 23.4 Å². The number of likely N-dealkylation sites (tertiary alicyclic amines) is 1. The minimum Gasteiger partial charge on any atom is -0.497 e. The summed E-state index contributed by atoms with van der Waals surface area (Å²) in [7, 11) is -1.84. The van der Waals surface area contributed by atoms with Crippen LogP contribution in [-0.2, 0) is 33.0 Å². The van der Waals surface area contributed by atoms with E-state index >= 15 is 0 Å². The molecule has 178 valence electrons. The summed E-state index contributed by atoms with van der Waals surface area (Å²) in [5, 5.41) is 11.3. The van der Waals surface area contributed by atoms with Crippen LogP contribution in [-0.4, -0.2) is 50.3 Å². The minimum atomic E-state index is -3.42. The van der Waals surface area contributed by atoms with Gasteiger partial charge in [-0.15, -0.1) is 0 Å². The summed E-state index contributed by atoms with van der Waals surface area (Å²) < 4.78 is 42.5. The molecule has 1 aliphatic rings. The molecule has 4 rings (SSSR count). The van der Waals surface area contributed by atoms with E-state index in [1.54, 1.807) is 36.3 Å². The van der Waals surface area contributed by atoms with Crippen molar-refractivity contribution in [1.29, 1.82) is 0 Å². The Morgan fingerprint density at radius 1 is 1.00 bits per heavy atom. The second kappa shape index (κ2) is 9.19. The Morgan fingerprint density at radius 2 is 1.59 bits per heavy atom. The highest BCUT2D eigenvalue weighted by atomic mass is 32.2. The van der Waals surface area contributed by atoms with Gasteiger partial charge in [-0.05, 0) is 59.5 Å². The van der Waals surface area contributed by atoms with Gasteiger partial charge in [-0.3, -0.25) is 4.79 Å². The molecule has 0 saturated carbocycles. The number of hydrogen-bond donors (Lipinski definition) is 1. The quantitative estimate of drug-likeness (QED) is 0.558. The zero-order valence-corrected chi connectivity index (χ0v) is 19.8. The average Bonchev–Trinajstić information content (AvgIpc) is 3.05. The number of ether oxygens (including phenoxy) is 1. The Balaban J connectivity index is 1.73. The lowest BCUT2D eigenvalue weighted by atomic mass is 9.72. The van der Waals surface area contributed by atoms with Crippen molar-refractivity contribution < 1.29 is 27.4 Å². The van der Waals surface area contributed by atoms with E-state index in [1.807, 2.05) is 24.3 Å². The van der Waals surface area contributed by atoms with E-state index in [1.165, 1.54) is 24.3 Å². The molecule has 3 aromatic rings. The van der Waals surface area contributed by atoms with Crippen LogP contribution in [0.3, 0.4) is 0 Å². The fourth-order valence-corrected chi connectivity index (χ4v) is 5.13. The molecule has 0 aliphatic carbocycles. The molecule has 34 heavy (non-hydrogen) atoms. The Bertz CT molecular complexity index is 1270. The number of hydrogen-bond acceptors (Lipinski definition) is 5. The van der Waals surface area contributed by atoms with Gasteiger partial charge in [0.05, 0.1) is 18.1 Å². The lowest BCUT2D eigenvalue weighted by molar-refractivity contribution is -0.133. The highest BCUT2D eigenvalue weighted by Crippen LogP contribution is 2.40. The van der Waals surface area contributed by atoms with Crippen LogP contribution in [0.2, 0.25) is 0 Å². The molecule has 0 radical (unpaired) electrons. The molecule has 1 saturated heterocycles. The van der Waals surface area contributed by atoms with Gasteiger partial charge < -0.3 is 14.7 Å². The highest BCUT2D eigenvalue weighted by molar-refractivity contribution is 7.90. The molecule has 8 heteroatoms. The van der Waals surface area contributed by atoms with Crippen molar-refractivity contribution in [2.45, 2.75) is 29.4 Å².